The summed E-state index contributed by atoms with van der Waals surface area (Å²) < 4.78 is 0. The Morgan fingerprint density at radius 2 is 1.83 bits per heavy atom. The molecule has 2 aromatic rings. The monoisotopic (exact) mass is 307 g/mol. The third-order valence-electron chi connectivity index (χ3n) is 5.28. The van der Waals surface area contributed by atoms with Crippen LogP contribution in [-0.4, -0.2) is 21.2 Å². The number of aromatic nitrogens is 2. The van der Waals surface area contributed by atoms with Gasteiger partial charge in [0.2, 0.25) is 0 Å². The van der Waals surface area contributed by atoms with E-state index in [1.807, 2.05) is 18.3 Å². The molecule has 3 aliphatic rings. The highest BCUT2D eigenvalue weighted by Crippen LogP contribution is 2.45. The van der Waals surface area contributed by atoms with Gasteiger partial charge in [0.15, 0.2) is 0 Å². The summed E-state index contributed by atoms with van der Waals surface area (Å²) in [6.45, 7) is 0. The Bertz CT molecular complexity index is 752. The standard InChI is InChI=1S/C19H21N3O/c23-16-9-13-3-1-2-4-14(13)18(16)22-19-17(12-7-8-12)20-10-15(21-19)11-5-6-11/h1-4,10-12,16,18,23H,5-9H2,(H,21,22)/t16-,18+/m0/s1. The molecular weight excluding hydrogens is 286 g/mol. The molecule has 0 unspecified atom stereocenters. The number of anilines is 1. The van der Waals surface area contributed by atoms with Crippen LogP contribution in [0.2, 0.25) is 0 Å². The van der Waals surface area contributed by atoms with Crippen LogP contribution < -0.4 is 5.32 Å². The van der Waals surface area contributed by atoms with Crippen LogP contribution in [0, 0.1) is 0 Å². The van der Waals surface area contributed by atoms with Crippen molar-refractivity contribution in [1.82, 2.24) is 9.97 Å². The average molecular weight is 307 g/mol. The highest BCUT2D eigenvalue weighted by molar-refractivity contribution is 5.50. The largest absolute Gasteiger partial charge is 0.390 e. The third-order valence-corrected chi connectivity index (χ3v) is 5.28. The smallest absolute Gasteiger partial charge is 0.148 e. The Labute approximate surface area is 136 Å². The number of hydrogen-bond acceptors (Lipinski definition) is 4. The number of nitrogens with zero attached hydrogens (tertiary/aromatic N) is 2. The third kappa shape index (κ3) is 2.41. The van der Waals surface area contributed by atoms with Gasteiger partial charge in [-0.2, -0.15) is 0 Å². The molecule has 2 atom stereocenters. The van der Waals surface area contributed by atoms with Gasteiger partial charge in [0.05, 0.1) is 23.5 Å². The summed E-state index contributed by atoms with van der Waals surface area (Å²) in [7, 11) is 0. The van der Waals surface area contributed by atoms with Gasteiger partial charge in [0.1, 0.15) is 5.82 Å². The van der Waals surface area contributed by atoms with E-state index in [0.717, 1.165) is 17.2 Å². The van der Waals surface area contributed by atoms with E-state index in [2.05, 4.69) is 17.4 Å². The predicted octanol–water partition coefficient (Wildman–Crippen LogP) is 3.30. The van der Waals surface area contributed by atoms with E-state index < -0.39 is 6.10 Å². The van der Waals surface area contributed by atoms with Gasteiger partial charge in [-0.3, -0.25) is 4.98 Å². The molecule has 118 valence electrons. The van der Waals surface area contributed by atoms with Crippen LogP contribution in [-0.2, 0) is 6.42 Å². The molecule has 1 aromatic carbocycles. The average Bonchev–Trinajstić information content (AvgIpc) is 3.46. The molecule has 4 nitrogen and oxygen atoms in total. The van der Waals surface area contributed by atoms with E-state index in [1.165, 1.54) is 36.8 Å². The number of nitrogens with one attached hydrogen (secondary N) is 1. The van der Waals surface area contributed by atoms with Gasteiger partial charge in [-0.1, -0.05) is 24.3 Å². The minimum atomic E-state index is -0.397. The number of benzene rings is 1. The molecule has 5 rings (SSSR count). The first-order valence-electron chi connectivity index (χ1n) is 8.69. The topological polar surface area (TPSA) is 58.0 Å². The van der Waals surface area contributed by atoms with Crippen LogP contribution in [0.1, 0.15) is 66.1 Å². The summed E-state index contributed by atoms with van der Waals surface area (Å²) in [6.07, 6.45) is 7.15. The van der Waals surface area contributed by atoms with Crippen molar-refractivity contribution in [3.05, 3.63) is 53.0 Å². The summed E-state index contributed by atoms with van der Waals surface area (Å²) >= 11 is 0. The Hall–Kier alpha value is -1.94. The molecule has 2 N–H and O–H groups in total. The van der Waals surface area contributed by atoms with Crippen molar-refractivity contribution in [2.24, 2.45) is 0 Å². The number of fused-ring (bicyclic) bond motifs is 1. The van der Waals surface area contributed by atoms with E-state index >= 15 is 0 Å². The molecule has 23 heavy (non-hydrogen) atoms. The zero-order valence-electron chi connectivity index (χ0n) is 13.1. The minimum absolute atomic E-state index is 0.0764. The fourth-order valence-corrected chi connectivity index (χ4v) is 3.64. The van der Waals surface area contributed by atoms with Crippen LogP contribution >= 0.6 is 0 Å². The fraction of sp³-hybridized carbons (Fsp3) is 0.474. The Balaban J connectivity index is 1.50. The number of hydrogen-bond donors (Lipinski definition) is 2. The zero-order valence-corrected chi connectivity index (χ0v) is 13.1. The molecule has 2 saturated carbocycles. The molecule has 0 spiro atoms. The van der Waals surface area contributed by atoms with Crippen molar-refractivity contribution in [3.8, 4) is 0 Å². The first kappa shape index (κ1) is 13.5. The molecular formula is C19H21N3O. The Morgan fingerprint density at radius 3 is 2.61 bits per heavy atom. The maximum absolute atomic E-state index is 10.5. The van der Waals surface area contributed by atoms with Crippen molar-refractivity contribution in [3.63, 3.8) is 0 Å². The summed E-state index contributed by atoms with van der Waals surface area (Å²) in [5, 5.41) is 14.0. The summed E-state index contributed by atoms with van der Waals surface area (Å²) in [6, 6.07) is 8.22. The molecule has 0 amide bonds. The van der Waals surface area contributed by atoms with Crippen LogP contribution in [0.15, 0.2) is 30.5 Å². The van der Waals surface area contributed by atoms with Gasteiger partial charge in [0.25, 0.3) is 0 Å². The molecule has 3 aliphatic carbocycles. The van der Waals surface area contributed by atoms with Crippen LogP contribution in [0.5, 0.6) is 0 Å². The van der Waals surface area contributed by atoms with Crippen molar-refractivity contribution in [1.29, 1.82) is 0 Å². The number of rotatable bonds is 4. The van der Waals surface area contributed by atoms with Gasteiger partial charge in [0, 0.05) is 24.5 Å². The first-order valence-corrected chi connectivity index (χ1v) is 8.69. The summed E-state index contributed by atoms with van der Waals surface area (Å²) in [5.41, 5.74) is 4.63. The van der Waals surface area contributed by atoms with Gasteiger partial charge >= 0.3 is 0 Å². The second kappa shape index (κ2) is 5.03. The first-order chi connectivity index (χ1) is 11.3. The van der Waals surface area contributed by atoms with Crippen molar-refractivity contribution >= 4 is 5.82 Å². The Morgan fingerprint density at radius 1 is 1.04 bits per heavy atom. The van der Waals surface area contributed by atoms with Crippen molar-refractivity contribution in [2.45, 2.75) is 56.1 Å². The zero-order chi connectivity index (χ0) is 15.4. The molecule has 0 radical (unpaired) electrons. The lowest BCUT2D eigenvalue weighted by Gasteiger charge is -2.20. The lowest BCUT2D eigenvalue weighted by atomic mass is 10.1. The van der Waals surface area contributed by atoms with Crippen molar-refractivity contribution < 1.29 is 5.11 Å². The van der Waals surface area contributed by atoms with Gasteiger partial charge in [-0.15, -0.1) is 0 Å². The predicted molar refractivity (Wildman–Crippen MR) is 88.5 cm³/mol. The second-order valence-electron chi connectivity index (χ2n) is 7.17. The minimum Gasteiger partial charge on any atom is -0.390 e. The molecule has 4 heteroatoms. The number of aliphatic hydroxyl groups excluding tert-OH is 1. The SMILES string of the molecule is O[C@H]1Cc2ccccc2[C@H]1Nc1nc(C2CC2)cnc1C1CC1. The lowest BCUT2D eigenvalue weighted by Crippen LogP contribution is -2.23. The summed E-state index contributed by atoms with van der Waals surface area (Å²) in [5.74, 6) is 2.04. The van der Waals surface area contributed by atoms with Crippen LogP contribution in [0.4, 0.5) is 5.82 Å². The highest BCUT2D eigenvalue weighted by atomic mass is 16.3. The van der Waals surface area contributed by atoms with E-state index in [1.54, 1.807) is 0 Å². The molecule has 1 aromatic heterocycles. The summed E-state index contributed by atoms with van der Waals surface area (Å²) in [4.78, 5) is 9.60. The van der Waals surface area contributed by atoms with Crippen molar-refractivity contribution in [2.75, 3.05) is 5.32 Å². The van der Waals surface area contributed by atoms with E-state index in [-0.39, 0.29) is 6.04 Å². The molecule has 0 saturated heterocycles. The maximum Gasteiger partial charge on any atom is 0.148 e. The molecule has 1 heterocycles. The molecule has 0 aliphatic heterocycles. The van der Waals surface area contributed by atoms with Gasteiger partial charge < -0.3 is 10.4 Å². The molecule has 0 bridgehead atoms. The van der Waals surface area contributed by atoms with Gasteiger partial charge in [-0.05, 0) is 36.8 Å². The quantitative estimate of drug-likeness (QED) is 0.910. The molecule has 2 fully saturated rings. The van der Waals surface area contributed by atoms with Crippen LogP contribution in [0.3, 0.4) is 0 Å². The fourth-order valence-electron chi connectivity index (χ4n) is 3.64. The normalized spacial score (nSPS) is 26.1. The van der Waals surface area contributed by atoms with Gasteiger partial charge in [-0.25, -0.2) is 4.98 Å². The Kier molecular flexibility index (Phi) is 2.95. The lowest BCUT2D eigenvalue weighted by molar-refractivity contribution is 0.165. The van der Waals surface area contributed by atoms with E-state index in [4.69, 9.17) is 9.97 Å². The number of aliphatic hydroxyl groups is 1. The maximum atomic E-state index is 10.5. The van der Waals surface area contributed by atoms with E-state index in [0.29, 0.717) is 18.3 Å². The highest BCUT2D eigenvalue weighted by Gasteiger charge is 2.35. The van der Waals surface area contributed by atoms with Crippen LogP contribution in [0.25, 0.3) is 0 Å². The second-order valence-corrected chi connectivity index (χ2v) is 7.17. The van der Waals surface area contributed by atoms with E-state index in [9.17, 15) is 5.11 Å².